The van der Waals surface area contributed by atoms with Crippen molar-refractivity contribution in [3.63, 3.8) is 0 Å². The number of fused-ring (bicyclic) bond motifs is 2. The van der Waals surface area contributed by atoms with E-state index in [2.05, 4.69) is 24.3 Å². The van der Waals surface area contributed by atoms with Gasteiger partial charge in [0.2, 0.25) is 5.91 Å². The molecular formula is C18H23NO2. The fourth-order valence-electron chi connectivity index (χ4n) is 4.89. The van der Waals surface area contributed by atoms with Crippen molar-refractivity contribution in [2.75, 3.05) is 13.1 Å². The van der Waals surface area contributed by atoms with Crippen LogP contribution < -0.4 is 0 Å². The van der Waals surface area contributed by atoms with Crippen molar-refractivity contribution in [3.8, 4) is 0 Å². The van der Waals surface area contributed by atoms with Crippen molar-refractivity contribution >= 4 is 5.91 Å². The number of nitrogens with zero attached hydrogens (tertiary/aromatic N) is 1. The second kappa shape index (κ2) is 4.84. The number of hydrogen-bond donors (Lipinski definition) is 1. The van der Waals surface area contributed by atoms with E-state index in [1.807, 2.05) is 11.0 Å². The van der Waals surface area contributed by atoms with E-state index < -0.39 is 0 Å². The number of rotatable bonds is 3. The maximum Gasteiger partial charge on any atom is 0.229 e. The zero-order valence-electron chi connectivity index (χ0n) is 12.4. The van der Waals surface area contributed by atoms with Crippen molar-refractivity contribution in [1.29, 1.82) is 0 Å². The van der Waals surface area contributed by atoms with Crippen LogP contribution in [0.1, 0.15) is 31.2 Å². The summed E-state index contributed by atoms with van der Waals surface area (Å²) in [6.45, 7) is 1.07. The second-order valence-electron chi connectivity index (χ2n) is 7.26. The summed E-state index contributed by atoms with van der Waals surface area (Å²) in [6.07, 6.45) is 5.37. The highest BCUT2D eigenvalue weighted by Gasteiger charge is 2.57. The molecule has 0 radical (unpaired) electrons. The lowest BCUT2D eigenvalue weighted by Crippen LogP contribution is -2.59. The lowest BCUT2D eigenvalue weighted by atomic mass is 9.68. The molecule has 4 rings (SSSR count). The Balaban J connectivity index is 1.62. The van der Waals surface area contributed by atoms with E-state index >= 15 is 0 Å². The Morgan fingerprint density at radius 2 is 2.00 bits per heavy atom. The third-order valence-corrected chi connectivity index (χ3v) is 5.91. The van der Waals surface area contributed by atoms with Gasteiger partial charge in [-0.05, 0) is 43.1 Å². The second-order valence-corrected chi connectivity index (χ2v) is 7.26. The number of carbonyl (C=O) groups is 1. The Morgan fingerprint density at radius 1 is 1.24 bits per heavy atom. The fourth-order valence-corrected chi connectivity index (χ4v) is 4.89. The van der Waals surface area contributed by atoms with Crippen LogP contribution in [0.3, 0.4) is 0 Å². The maximum atomic E-state index is 13.1. The van der Waals surface area contributed by atoms with Crippen LogP contribution in [0.2, 0.25) is 0 Å². The Hall–Kier alpha value is -1.35. The third kappa shape index (κ3) is 2.10. The number of amides is 1. The highest BCUT2D eigenvalue weighted by atomic mass is 16.3. The van der Waals surface area contributed by atoms with Gasteiger partial charge in [0.1, 0.15) is 0 Å². The van der Waals surface area contributed by atoms with Crippen molar-refractivity contribution in [1.82, 2.24) is 4.90 Å². The first-order chi connectivity index (χ1) is 10.2. The average molecular weight is 285 g/mol. The summed E-state index contributed by atoms with van der Waals surface area (Å²) in [4.78, 5) is 15.0. The first-order valence-electron chi connectivity index (χ1n) is 8.19. The fraction of sp³-hybridized carbons (Fsp3) is 0.611. The van der Waals surface area contributed by atoms with Crippen LogP contribution in [-0.4, -0.2) is 35.1 Å². The number of carbonyl (C=O) groups excluding carboxylic acids is 1. The topological polar surface area (TPSA) is 40.5 Å². The van der Waals surface area contributed by atoms with Gasteiger partial charge in [-0.25, -0.2) is 0 Å². The molecule has 3 fully saturated rings. The van der Waals surface area contributed by atoms with Crippen LogP contribution in [0, 0.1) is 17.3 Å². The van der Waals surface area contributed by atoms with E-state index in [9.17, 15) is 9.90 Å². The van der Waals surface area contributed by atoms with E-state index in [4.69, 9.17) is 0 Å². The van der Waals surface area contributed by atoms with Gasteiger partial charge in [-0.3, -0.25) is 4.79 Å². The van der Waals surface area contributed by atoms with E-state index in [1.54, 1.807) is 0 Å². The molecule has 2 bridgehead atoms. The molecule has 21 heavy (non-hydrogen) atoms. The Bertz CT molecular complexity index is 537. The van der Waals surface area contributed by atoms with Crippen LogP contribution in [0.5, 0.6) is 0 Å². The molecule has 1 N–H and O–H groups in total. The standard InChI is InChI=1S/C18H23NO2/c20-16-11-19(12-16)17(21)18(9-13-4-2-1-3-5-13)10-14-6-7-15(18)8-14/h1-5,14-16,20H,6-12H2. The normalized spacial score (nSPS) is 35.0. The molecule has 0 spiro atoms. The summed E-state index contributed by atoms with van der Waals surface area (Å²) in [5, 5.41) is 9.52. The predicted octanol–water partition coefficient (Wildman–Crippen LogP) is 2.24. The van der Waals surface area contributed by atoms with Crippen molar-refractivity contribution in [3.05, 3.63) is 35.9 Å². The Kier molecular flexibility index (Phi) is 3.07. The minimum absolute atomic E-state index is 0.190. The zero-order chi connectivity index (χ0) is 14.4. The van der Waals surface area contributed by atoms with Gasteiger partial charge in [0.05, 0.1) is 11.5 Å². The van der Waals surface area contributed by atoms with E-state index in [-0.39, 0.29) is 11.5 Å². The van der Waals surface area contributed by atoms with Gasteiger partial charge < -0.3 is 10.0 Å². The number of likely N-dealkylation sites (tertiary alicyclic amines) is 1. The summed E-state index contributed by atoms with van der Waals surface area (Å²) in [5.41, 5.74) is 1.09. The molecule has 1 amide bonds. The molecule has 2 aliphatic carbocycles. The molecule has 3 aliphatic rings. The van der Waals surface area contributed by atoms with Gasteiger partial charge in [-0.2, -0.15) is 0 Å². The first-order valence-corrected chi connectivity index (χ1v) is 8.19. The number of aliphatic hydroxyl groups is 1. The Morgan fingerprint density at radius 3 is 2.57 bits per heavy atom. The van der Waals surface area contributed by atoms with Gasteiger partial charge in [-0.1, -0.05) is 36.8 Å². The minimum Gasteiger partial charge on any atom is -0.389 e. The number of aliphatic hydroxyl groups excluding tert-OH is 1. The summed E-state index contributed by atoms with van der Waals surface area (Å²) < 4.78 is 0. The lowest BCUT2D eigenvalue weighted by molar-refractivity contribution is -0.156. The molecule has 0 aromatic heterocycles. The zero-order valence-corrected chi connectivity index (χ0v) is 12.4. The van der Waals surface area contributed by atoms with Gasteiger partial charge in [-0.15, -0.1) is 0 Å². The molecule has 3 atom stereocenters. The SMILES string of the molecule is O=C(N1CC(O)C1)C1(Cc2ccccc2)CC2CCC1C2. The van der Waals surface area contributed by atoms with Crippen LogP contribution >= 0.6 is 0 Å². The largest absolute Gasteiger partial charge is 0.389 e. The highest BCUT2D eigenvalue weighted by Crippen LogP contribution is 2.58. The first kappa shape index (κ1) is 13.3. The molecule has 1 aromatic rings. The summed E-state index contributed by atoms with van der Waals surface area (Å²) in [5.74, 6) is 1.60. The lowest BCUT2D eigenvalue weighted by Gasteiger charge is -2.45. The third-order valence-electron chi connectivity index (χ3n) is 5.91. The number of β-amino-alcohol motifs (C(OH)–C–C–N with tert-alkyl or cyclic N) is 1. The molecule has 3 unspecified atom stereocenters. The monoisotopic (exact) mass is 285 g/mol. The molecule has 112 valence electrons. The molecule has 1 heterocycles. The predicted molar refractivity (Wildman–Crippen MR) is 80.6 cm³/mol. The number of hydrogen-bond acceptors (Lipinski definition) is 2. The van der Waals surface area contributed by atoms with Gasteiger partial charge >= 0.3 is 0 Å². The Labute approximate surface area is 126 Å². The molecular weight excluding hydrogens is 262 g/mol. The minimum atomic E-state index is -0.304. The average Bonchev–Trinajstić information content (AvgIpc) is 3.05. The van der Waals surface area contributed by atoms with Crippen LogP contribution in [0.4, 0.5) is 0 Å². The smallest absolute Gasteiger partial charge is 0.229 e. The highest BCUT2D eigenvalue weighted by molar-refractivity contribution is 5.85. The van der Waals surface area contributed by atoms with E-state index in [0.29, 0.717) is 24.9 Å². The molecule has 3 nitrogen and oxygen atoms in total. The molecule has 1 aliphatic heterocycles. The summed E-state index contributed by atoms with van der Waals surface area (Å²) in [7, 11) is 0. The van der Waals surface area contributed by atoms with E-state index in [1.165, 1.54) is 24.8 Å². The van der Waals surface area contributed by atoms with Crippen molar-refractivity contribution in [2.45, 2.75) is 38.2 Å². The van der Waals surface area contributed by atoms with Gasteiger partial charge in [0.25, 0.3) is 0 Å². The van der Waals surface area contributed by atoms with Gasteiger partial charge in [0, 0.05) is 13.1 Å². The quantitative estimate of drug-likeness (QED) is 0.925. The van der Waals surface area contributed by atoms with Crippen molar-refractivity contribution < 1.29 is 9.90 Å². The summed E-state index contributed by atoms with van der Waals surface area (Å²) in [6, 6.07) is 10.4. The summed E-state index contributed by atoms with van der Waals surface area (Å²) >= 11 is 0. The van der Waals surface area contributed by atoms with Crippen molar-refractivity contribution in [2.24, 2.45) is 17.3 Å². The number of benzene rings is 1. The molecule has 1 aromatic carbocycles. The molecule has 1 saturated heterocycles. The van der Waals surface area contributed by atoms with Crippen LogP contribution in [-0.2, 0) is 11.2 Å². The maximum absolute atomic E-state index is 13.1. The van der Waals surface area contributed by atoms with Crippen LogP contribution in [0.25, 0.3) is 0 Å². The van der Waals surface area contributed by atoms with Crippen LogP contribution in [0.15, 0.2) is 30.3 Å². The molecule has 3 heteroatoms. The van der Waals surface area contributed by atoms with Gasteiger partial charge in [0.15, 0.2) is 0 Å². The van der Waals surface area contributed by atoms with E-state index in [0.717, 1.165) is 18.8 Å². The molecule has 2 saturated carbocycles.